The summed E-state index contributed by atoms with van der Waals surface area (Å²) >= 11 is 0. The highest BCUT2D eigenvalue weighted by Gasteiger charge is 2.23. The first-order valence-electron chi connectivity index (χ1n) is 10.7. The van der Waals surface area contributed by atoms with E-state index in [-0.39, 0.29) is 6.10 Å². The second-order valence-corrected chi connectivity index (χ2v) is 8.75. The molecule has 7 nitrogen and oxygen atoms in total. The number of ether oxygens (including phenoxy) is 1. The van der Waals surface area contributed by atoms with Crippen LogP contribution in [0, 0.1) is 0 Å². The Kier molecular flexibility index (Phi) is 5.73. The second-order valence-electron chi connectivity index (χ2n) is 8.75. The number of hydrogen-bond donors (Lipinski definition) is 1. The number of hydrogen-bond acceptors (Lipinski definition) is 6. The predicted molar refractivity (Wildman–Crippen MR) is 112 cm³/mol. The molecule has 0 saturated carbocycles. The maximum absolute atomic E-state index is 6.32. The number of rotatable bonds is 6. The SMILES string of the molecule is CC(C)c1cnn2c(NCC3CCCN3C)cc(OC3CCN(C)CC3)nc12. The Morgan fingerprint density at radius 1 is 1.18 bits per heavy atom. The van der Waals surface area contributed by atoms with Crippen molar-refractivity contribution >= 4 is 11.5 Å². The summed E-state index contributed by atoms with van der Waals surface area (Å²) in [6, 6.07) is 2.60. The first kappa shape index (κ1) is 19.5. The highest BCUT2D eigenvalue weighted by Crippen LogP contribution is 2.27. The van der Waals surface area contributed by atoms with Crippen LogP contribution in [0.2, 0.25) is 0 Å². The fourth-order valence-corrected chi connectivity index (χ4v) is 4.28. The highest BCUT2D eigenvalue weighted by molar-refractivity contribution is 5.56. The van der Waals surface area contributed by atoms with Crippen LogP contribution in [0.3, 0.4) is 0 Å². The van der Waals surface area contributed by atoms with Gasteiger partial charge in [0.2, 0.25) is 5.88 Å². The molecule has 1 unspecified atom stereocenters. The Morgan fingerprint density at radius 2 is 1.96 bits per heavy atom. The van der Waals surface area contributed by atoms with Gasteiger partial charge in [-0.15, -0.1) is 0 Å². The van der Waals surface area contributed by atoms with Crippen LogP contribution in [0.5, 0.6) is 5.88 Å². The number of fused-ring (bicyclic) bond motifs is 1. The van der Waals surface area contributed by atoms with E-state index < -0.39 is 0 Å². The van der Waals surface area contributed by atoms with Gasteiger partial charge >= 0.3 is 0 Å². The van der Waals surface area contributed by atoms with Crippen molar-refractivity contribution in [1.29, 1.82) is 0 Å². The third-order valence-electron chi connectivity index (χ3n) is 6.24. The highest BCUT2D eigenvalue weighted by atomic mass is 16.5. The minimum absolute atomic E-state index is 0.241. The van der Waals surface area contributed by atoms with E-state index in [1.807, 2.05) is 16.8 Å². The summed E-state index contributed by atoms with van der Waals surface area (Å²) in [6.45, 7) is 8.63. The van der Waals surface area contributed by atoms with Crippen molar-refractivity contribution < 1.29 is 4.74 Å². The number of piperidine rings is 1. The normalized spacial score (nSPS) is 22.4. The van der Waals surface area contributed by atoms with E-state index in [9.17, 15) is 0 Å². The van der Waals surface area contributed by atoms with Crippen molar-refractivity contribution in [1.82, 2.24) is 24.4 Å². The molecule has 2 saturated heterocycles. The zero-order valence-electron chi connectivity index (χ0n) is 17.7. The molecule has 2 fully saturated rings. The van der Waals surface area contributed by atoms with E-state index in [0.29, 0.717) is 17.8 Å². The van der Waals surface area contributed by atoms with Gasteiger partial charge in [0.05, 0.1) is 6.20 Å². The molecule has 0 aromatic carbocycles. The molecular formula is C21H34N6O. The van der Waals surface area contributed by atoms with Gasteiger partial charge in [0.25, 0.3) is 0 Å². The summed E-state index contributed by atoms with van der Waals surface area (Å²) in [5.41, 5.74) is 2.07. The monoisotopic (exact) mass is 386 g/mol. The second kappa shape index (κ2) is 8.25. The van der Waals surface area contributed by atoms with Crippen LogP contribution in [-0.2, 0) is 0 Å². The standard InChI is InChI=1S/C21H34N6O/c1-15(2)18-14-23-27-19(22-13-16-6-5-9-26(16)4)12-20(24-21(18)27)28-17-7-10-25(3)11-8-17/h12,14-17,22H,5-11,13H2,1-4H3. The van der Waals surface area contributed by atoms with E-state index >= 15 is 0 Å². The topological polar surface area (TPSA) is 57.9 Å². The van der Waals surface area contributed by atoms with Gasteiger partial charge in [-0.25, -0.2) is 0 Å². The summed E-state index contributed by atoms with van der Waals surface area (Å²) in [5, 5.41) is 8.25. The number of likely N-dealkylation sites (tertiary alicyclic amines) is 2. The number of anilines is 1. The Labute approximate surface area is 168 Å². The van der Waals surface area contributed by atoms with Crippen molar-refractivity contribution in [3.05, 3.63) is 17.8 Å². The van der Waals surface area contributed by atoms with E-state index in [2.05, 4.69) is 48.2 Å². The quantitative estimate of drug-likeness (QED) is 0.824. The van der Waals surface area contributed by atoms with Crippen molar-refractivity contribution in [2.45, 2.75) is 57.6 Å². The van der Waals surface area contributed by atoms with Crippen LogP contribution < -0.4 is 10.1 Å². The first-order chi connectivity index (χ1) is 13.5. The van der Waals surface area contributed by atoms with Crippen molar-refractivity contribution in [2.24, 2.45) is 0 Å². The number of aromatic nitrogens is 3. The van der Waals surface area contributed by atoms with Gasteiger partial charge in [0.15, 0.2) is 5.65 Å². The molecular weight excluding hydrogens is 352 g/mol. The maximum Gasteiger partial charge on any atom is 0.219 e. The summed E-state index contributed by atoms with van der Waals surface area (Å²) in [4.78, 5) is 9.63. The lowest BCUT2D eigenvalue weighted by Gasteiger charge is -2.29. The first-order valence-corrected chi connectivity index (χ1v) is 10.7. The van der Waals surface area contributed by atoms with E-state index in [0.717, 1.165) is 49.5 Å². The molecule has 4 heterocycles. The molecule has 2 aromatic rings. The third kappa shape index (κ3) is 4.10. The van der Waals surface area contributed by atoms with Crippen LogP contribution >= 0.6 is 0 Å². The number of nitrogens with one attached hydrogen (secondary N) is 1. The summed E-state index contributed by atoms with van der Waals surface area (Å²) < 4.78 is 8.26. The van der Waals surface area contributed by atoms with Crippen LogP contribution in [0.4, 0.5) is 5.82 Å². The Morgan fingerprint density at radius 3 is 2.64 bits per heavy atom. The smallest absolute Gasteiger partial charge is 0.219 e. The minimum atomic E-state index is 0.241. The van der Waals surface area contributed by atoms with Gasteiger partial charge in [-0.1, -0.05) is 13.8 Å². The van der Waals surface area contributed by atoms with Crippen molar-refractivity contribution in [3.8, 4) is 5.88 Å². The molecule has 0 bridgehead atoms. The van der Waals surface area contributed by atoms with Crippen LogP contribution in [0.15, 0.2) is 12.3 Å². The molecule has 0 aliphatic carbocycles. The molecule has 2 aliphatic rings. The van der Waals surface area contributed by atoms with Crippen LogP contribution in [-0.4, -0.2) is 76.8 Å². The summed E-state index contributed by atoms with van der Waals surface area (Å²) in [7, 11) is 4.38. The van der Waals surface area contributed by atoms with Crippen LogP contribution in [0.25, 0.3) is 5.65 Å². The minimum Gasteiger partial charge on any atom is -0.474 e. The van der Waals surface area contributed by atoms with Gasteiger partial charge in [-0.2, -0.15) is 14.6 Å². The van der Waals surface area contributed by atoms with Crippen LogP contribution in [0.1, 0.15) is 51.0 Å². The van der Waals surface area contributed by atoms with Gasteiger partial charge in [-0.3, -0.25) is 0 Å². The third-order valence-corrected chi connectivity index (χ3v) is 6.24. The average molecular weight is 387 g/mol. The molecule has 0 radical (unpaired) electrons. The predicted octanol–water partition coefficient (Wildman–Crippen LogP) is 2.83. The average Bonchev–Trinajstić information content (AvgIpc) is 3.28. The van der Waals surface area contributed by atoms with Gasteiger partial charge in [0.1, 0.15) is 11.9 Å². The lowest BCUT2D eigenvalue weighted by molar-refractivity contribution is 0.110. The molecule has 4 rings (SSSR count). The van der Waals surface area contributed by atoms with Crippen molar-refractivity contribution in [3.63, 3.8) is 0 Å². The summed E-state index contributed by atoms with van der Waals surface area (Å²) in [6.07, 6.45) is 6.81. The van der Waals surface area contributed by atoms with Gasteiger partial charge in [0, 0.05) is 37.3 Å². The fraction of sp³-hybridized carbons (Fsp3) is 0.714. The lowest BCUT2D eigenvalue weighted by Crippen LogP contribution is -2.35. The molecule has 0 amide bonds. The Bertz CT molecular complexity index is 796. The molecule has 1 N–H and O–H groups in total. The Hall–Kier alpha value is -1.86. The van der Waals surface area contributed by atoms with E-state index in [1.54, 1.807) is 0 Å². The number of likely N-dealkylation sites (N-methyl/N-ethyl adjacent to an activating group) is 1. The fourth-order valence-electron chi connectivity index (χ4n) is 4.28. The van der Waals surface area contributed by atoms with Gasteiger partial charge < -0.3 is 19.9 Å². The molecule has 2 aromatic heterocycles. The molecule has 28 heavy (non-hydrogen) atoms. The number of nitrogens with zero attached hydrogens (tertiary/aromatic N) is 5. The molecule has 2 aliphatic heterocycles. The van der Waals surface area contributed by atoms with Crippen molar-refractivity contribution in [2.75, 3.05) is 45.6 Å². The Balaban J connectivity index is 1.58. The van der Waals surface area contributed by atoms with Gasteiger partial charge in [-0.05, 0) is 52.2 Å². The summed E-state index contributed by atoms with van der Waals surface area (Å²) in [5.74, 6) is 2.06. The lowest BCUT2D eigenvalue weighted by atomic mass is 10.1. The van der Waals surface area contributed by atoms with E-state index in [4.69, 9.17) is 9.72 Å². The zero-order chi connectivity index (χ0) is 19.7. The molecule has 0 spiro atoms. The molecule has 1 atom stereocenters. The molecule has 154 valence electrons. The zero-order valence-corrected chi connectivity index (χ0v) is 17.7. The maximum atomic E-state index is 6.32. The van der Waals surface area contributed by atoms with E-state index in [1.165, 1.54) is 19.4 Å². The largest absolute Gasteiger partial charge is 0.474 e. The molecule has 7 heteroatoms.